The summed E-state index contributed by atoms with van der Waals surface area (Å²) in [5.41, 5.74) is 0.329. The average molecular weight is 379 g/mol. The number of carbonyl (C=O) groups excluding carboxylic acids is 2. The maximum Gasteiger partial charge on any atom is 1.00 e. The number of ether oxygens (including phenoxy) is 1. The molecule has 0 spiro atoms. The van der Waals surface area contributed by atoms with E-state index in [1.165, 1.54) is 12.1 Å². The van der Waals surface area contributed by atoms with E-state index >= 15 is 0 Å². The van der Waals surface area contributed by atoms with Crippen LogP contribution in [0.2, 0.25) is 0 Å². The quantitative estimate of drug-likeness (QED) is 0.668. The van der Waals surface area contributed by atoms with Crippen LogP contribution in [0.1, 0.15) is 31.2 Å². The Balaban J connectivity index is 0.00000261. The van der Waals surface area contributed by atoms with Crippen molar-refractivity contribution in [3.8, 4) is 5.75 Å². The smallest absolute Gasteiger partial charge is 0.550 e. The minimum Gasteiger partial charge on any atom is -0.550 e. The summed E-state index contributed by atoms with van der Waals surface area (Å²) in [6.07, 6.45) is 1.67. The Bertz CT molecular complexity index is 823. The van der Waals surface area contributed by atoms with Crippen LogP contribution in [-0.4, -0.2) is 11.9 Å². The fourth-order valence-corrected chi connectivity index (χ4v) is 3.03. The molecule has 1 aliphatic rings. The number of hydrogen-bond donors (Lipinski definition) is 1. The van der Waals surface area contributed by atoms with E-state index in [0.717, 1.165) is 12.0 Å². The Hall–Kier alpha value is -1.89. The van der Waals surface area contributed by atoms with E-state index in [4.69, 9.17) is 4.74 Å². The van der Waals surface area contributed by atoms with Gasteiger partial charge in [0.2, 0.25) is 5.91 Å². The van der Waals surface area contributed by atoms with Crippen molar-refractivity contribution in [3.63, 3.8) is 0 Å². The van der Waals surface area contributed by atoms with Crippen molar-refractivity contribution in [2.75, 3.05) is 5.32 Å². The zero-order valence-corrected chi connectivity index (χ0v) is 17.2. The van der Waals surface area contributed by atoms with Crippen molar-refractivity contribution < 1.29 is 53.4 Å². The van der Waals surface area contributed by atoms with E-state index < -0.39 is 11.4 Å². The number of benzene rings is 2. The molecule has 3 rings (SSSR count). The van der Waals surface area contributed by atoms with Crippen LogP contribution in [0.4, 0.5) is 10.1 Å². The molecule has 1 N–H and O–H groups in total. The van der Waals surface area contributed by atoms with Gasteiger partial charge >= 0.3 is 29.6 Å². The van der Waals surface area contributed by atoms with Crippen LogP contribution in [0.3, 0.4) is 0 Å². The molecule has 5 nitrogen and oxygen atoms in total. The molecule has 0 bridgehead atoms. The summed E-state index contributed by atoms with van der Waals surface area (Å²) in [4.78, 5) is 23.4. The van der Waals surface area contributed by atoms with Gasteiger partial charge in [-0.05, 0) is 42.7 Å². The van der Waals surface area contributed by atoms with Gasteiger partial charge in [0.15, 0.2) is 0 Å². The number of aliphatic carboxylic acids is 1. The maximum atomic E-state index is 13.2. The summed E-state index contributed by atoms with van der Waals surface area (Å²) in [6, 6.07) is 12.9. The third-order valence-corrected chi connectivity index (χ3v) is 4.65. The molecule has 2 aromatic rings. The molecule has 0 unspecified atom stereocenters. The summed E-state index contributed by atoms with van der Waals surface area (Å²) in [7, 11) is 0. The van der Waals surface area contributed by atoms with Gasteiger partial charge in [-0.3, -0.25) is 4.79 Å². The van der Waals surface area contributed by atoms with Crippen LogP contribution in [0.15, 0.2) is 48.5 Å². The average Bonchev–Trinajstić information content (AvgIpc) is 2.56. The Labute approximate surface area is 179 Å². The monoisotopic (exact) mass is 379 g/mol. The molecule has 1 saturated carbocycles. The van der Waals surface area contributed by atoms with Crippen molar-refractivity contribution in [2.24, 2.45) is 5.41 Å². The Morgan fingerprint density at radius 3 is 2.52 bits per heavy atom. The standard InChI is InChI=1S/C20H20FNO4.Na/c21-15-5-2-7-17(11-15)26-13-14-4-1-6-16(10-14)22-18(23)12-20(19(24)25)8-3-9-20;/h1-2,4-7,10-11H,3,8-9,12-13H2,(H,22,23)(H,24,25);/q;+1/p-1. The fraction of sp³-hybridized carbons (Fsp3) is 0.300. The van der Waals surface area contributed by atoms with Crippen molar-refractivity contribution >= 4 is 17.6 Å². The van der Waals surface area contributed by atoms with Gasteiger partial charge in [0.1, 0.15) is 18.2 Å². The van der Waals surface area contributed by atoms with Crippen molar-refractivity contribution in [2.45, 2.75) is 32.3 Å². The van der Waals surface area contributed by atoms with Crippen molar-refractivity contribution in [1.29, 1.82) is 0 Å². The fourth-order valence-electron chi connectivity index (χ4n) is 3.03. The number of carboxylic acid groups (broad SMARTS) is 1. The topological polar surface area (TPSA) is 78.5 Å². The molecule has 1 aliphatic carbocycles. The number of hydrogen-bond acceptors (Lipinski definition) is 4. The van der Waals surface area contributed by atoms with Crippen LogP contribution >= 0.6 is 0 Å². The first kappa shape index (κ1) is 21.4. The van der Waals surface area contributed by atoms with Crippen LogP contribution in [-0.2, 0) is 16.2 Å². The Kier molecular flexibility index (Phi) is 7.41. The molecule has 0 aromatic heterocycles. The number of nitrogens with one attached hydrogen (secondary N) is 1. The zero-order valence-electron chi connectivity index (χ0n) is 15.2. The number of halogens is 1. The van der Waals surface area contributed by atoms with E-state index in [2.05, 4.69) is 5.32 Å². The molecular formula is C20H19FNNaO4. The van der Waals surface area contributed by atoms with E-state index in [9.17, 15) is 19.1 Å². The van der Waals surface area contributed by atoms with E-state index in [1.54, 1.807) is 30.3 Å². The summed E-state index contributed by atoms with van der Waals surface area (Å²) in [5, 5.41) is 14.0. The number of rotatable bonds is 7. The summed E-state index contributed by atoms with van der Waals surface area (Å²) >= 11 is 0. The first-order chi connectivity index (χ1) is 12.5. The SMILES string of the molecule is O=C(CC1(C(=O)[O-])CCC1)Nc1cccc(COc2cccc(F)c2)c1.[Na+]. The largest absolute Gasteiger partial charge is 1.00 e. The predicted octanol–water partition coefficient (Wildman–Crippen LogP) is -0.343. The first-order valence-corrected chi connectivity index (χ1v) is 8.45. The summed E-state index contributed by atoms with van der Waals surface area (Å²) in [5.74, 6) is -1.46. The second kappa shape index (κ2) is 9.35. The van der Waals surface area contributed by atoms with Gasteiger partial charge in [0, 0.05) is 29.6 Å². The van der Waals surface area contributed by atoms with Crippen molar-refractivity contribution in [3.05, 3.63) is 59.9 Å². The van der Waals surface area contributed by atoms with E-state index in [1.807, 2.05) is 6.07 Å². The van der Waals surface area contributed by atoms with Gasteiger partial charge in [-0.15, -0.1) is 0 Å². The molecule has 0 saturated heterocycles. The van der Waals surface area contributed by atoms with Gasteiger partial charge in [-0.25, -0.2) is 4.39 Å². The normalized spacial score (nSPS) is 14.4. The first-order valence-electron chi connectivity index (χ1n) is 8.45. The molecule has 27 heavy (non-hydrogen) atoms. The second-order valence-corrected chi connectivity index (χ2v) is 6.59. The minimum absolute atomic E-state index is 0. The molecule has 1 fully saturated rings. The molecule has 0 aliphatic heterocycles. The molecule has 7 heteroatoms. The number of anilines is 1. The molecule has 2 aromatic carbocycles. The number of carboxylic acids is 1. The van der Waals surface area contributed by atoms with Gasteiger partial charge in [0.05, 0.1) is 0 Å². The number of amides is 1. The summed E-state index contributed by atoms with van der Waals surface area (Å²) in [6.45, 7) is 0.218. The molecule has 0 radical (unpaired) electrons. The third kappa shape index (κ3) is 5.54. The van der Waals surface area contributed by atoms with Crippen LogP contribution in [0.25, 0.3) is 0 Å². The van der Waals surface area contributed by atoms with Crippen LogP contribution in [0.5, 0.6) is 5.75 Å². The van der Waals surface area contributed by atoms with Crippen LogP contribution in [0, 0.1) is 11.2 Å². The van der Waals surface area contributed by atoms with E-state index in [0.29, 0.717) is 24.3 Å². The third-order valence-electron chi connectivity index (χ3n) is 4.65. The van der Waals surface area contributed by atoms with Gasteiger partial charge in [0.25, 0.3) is 0 Å². The molecule has 1 amide bonds. The van der Waals surface area contributed by atoms with Gasteiger partial charge in [-0.2, -0.15) is 0 Å². The maximum absolute atomic E-state index is 13.2. The Morgan fingerprint density at radius 1 is 1.15 bits per heavy atom. The number of carbonyl (C=O) groups is 2. The second-order valence-electron chi connectivity index (χ2n) is 6.59. The molecular weight excluding hydrogens is 360 g/mol. The predicted molar refractivity (Wildman–Crippen MR) is 91.7 cm³/mol. The zero-order chi connectivity index (χ0) is 18.6. The minimum atomic E-state index is -1.16. The van der Waals surface area contributed by atoms with Crippen molar-refractivity contribution in [1.82, 2.24) is 0 Å². The molecule has 0 atom stereocenters. The van der Waals surface area contributed by atoms with E-state index in [-0.39, 0.29) is 54.3 Å². The molecule has 136 valence electrons. The Morgan fingerprint density at radius 2 is 1.89 bits per heavy atom. The molecule has 0 heterocycles. The summed E-state index contributed by atoms with van der Waals surface area (Å²) < 4.78 is 18.7. The van der Waals surface area contributed by atoms with Crippen LogP contribution < -0.4 is 44.7 Å². The van der Waals surface area contributed by atoms with Gasteiger partial charge < -0.3 is 20.0 Å². The van der Waals surface area contributed by atoms with Gasteiger partial charge in [-0.1, -0.05) is 24.6 Å².